The van der Waals surface area contributed by atoms with Crippen LogP contribution < -0.4 is 4.74 Å². The Morgan fingerprint density at radius 2 is 1.81 bits per heavy atom. The molecule has 0 amide bonds. The summed E-state index contributed by atoms with van der Waals surface area (Å²) in [4.78, 5) is 22.2. The van der Waals surface area contributed by atoms with E-state index in [0.717, 1.165) is 0 Å². The summed E-state index contributed by atoms with van der Waals surface area (Å²) in [6, 6.07) is -0.177. The first-order chi connectivity index (χ1) is 9.33. The molecule has 0 saturated carbocycles. The molecule has 21 heavy (non-hydrogen) atoms. The zero-order valence-electron chi connectivity index (χ0n) is 9.25. The molecule has 0 bridgehead atoms. The van der Waals surface area contributed by atoms with E-state index in [1.807, 2.05) is 0 Å². The highest BCUT2D eigenvalue weighted by molar-refractivity contribution is 6.68. The summed E-state index contributed by atoms with van der Waals surface area (Å²) >= 11 is 4.83. The Morgan fingerprint density at radius 3 is 2.14 bits per heavy atom. The average molecular weight is 339 g/mol. The number of alkyl halides is 6. The molecule has 1 heterocycles. The third kappa shape index (κ3) is 4.18. The van der Waals surface area contributed by atoms with Crippen LogP contribution in [0.25, 0.3) is 0 Å². The number of carbonyl (C=O) groups is 1. The molecule has 0 aliphatic heterocycles. The van der Waals surface area contributed by atoms with Crippen LogP contribution >= 0.6 is 11.6 Å². The van der Waals surface area contributed by atoms with Gasteiger partial charge in [-0.05, 0) is 21.5 Å². The molecule has 1 aromatic heterocycles. The number of rotatable bonds is 3. The van der Waals surface area contributed by atoms with Crippen LogP contribution in [-0.2, 0) is 6.18 Å². The molecule has 116 valence electrons. The van der Waals surface area contributed by atoms with Gasteiger partial charge >= 0.3 is 18.4 Å². The van der Waals surface area contributed by atoms with Gasteiger partial charge in [0.15, 0.2) is 0 Å². The summed E-state index contributed by atoms with van der Waals surface area (Å²) in [6.45, 7) is 0. The first kappa shape index (κ1) is 16.9. The van der Waals surface area contributed by atoms with Crippen molar-refractivity contribution in [3.05, 3.63) is 27.4 Å². The van der Waals surface area contributed by atoms with Gasteiger partial charge in [0.2, 0.25) is 5.75 Å². The van der Waals surface area contributed by atoms with E-state index in [0.29, 0.717) is 0 Å². The first-order valence-corrected chi connectivity index (χ1v) is 4.93. The van der Waals surface area contributed by atoms with Gasteiger partial charge in [0.1, 0.15) is 0 Å². The third-order valence-corrected chi connectivity index (χ3v) is 2.05. The molecule has 0 fully saturated rings. The highest BCUT2D eigenvalue weighted by Crippen LogP contribution is 2.39. The van der Waals surface area contributed by atoms with E-state index < -0.39 is 45.5 Å². The number of hydrogen-bond donors (Lipinski definition) is 0. The Labute approximate surface area is 115 Å². The highest BCUT2D eigenvalue weighted by Gasteiger charge is 2.44. The smallest absolute Gasteiger partial charge is 0.396 e. The predicted octanol–water partition coefficient (Wildman–Crippen LogP) is 3.29. The minimum atomic E-state index is -5.51. The summed E-state index contributed by atoms with van der Waals surface area (Å²) in [6.07, 6.45) is -10.8. The Kier molecular flexibility index (Phi) is 4.32. The molecule has 0 atom stereocenters. The Balaban J connectivity index is 3.67. The quantitative estimate of drug-likeness (QED) is 0.365. The number of carbonyl (C=O) groups excluding carboxylic acids is 1. The van der Waals surface area contributed by atoms with Gasteiger partial charge in [-0.2, -0.15) is 13.2 Å². The van der Waals surface area contributed by atoms with Crippen LogP contribution in [0.3, 0.4) is 0 Å². The van der Waals surface area contributed by atoms with Gasteiger partial charge in [0, 0.05) is 6.07 Å². The lowest BCUT2D eigenvalue weighted by molar-refractivity contribution is -0.393. The fourth-order valence-corrected chi connectivity index (χ4v) is 1.29. The maximum atomic E-state index is 12.4. The largest absolute Gasteiger partial charge is 0.573 e. The van der Waals surface area contributed by atoms with Gasteiger partial charge in [-0.25, -0.2) is 0 Å². The minimum absolute atomic E-state index is 0.177. The molecule has 0 spiro atoms. The van der Waals surface area contributed by atoms with Crippen molar-refractivity contribution in [2.24, 2.45) is 0 Å². The van der Waals surface area contributed by atoms with Crippen molar-refractivity contribution in [3.63, 3.8) is 0 Å². The van der Waals surface area contributed by atoms with Crippen LogP contribution in [0.15, 0.2) is 6.07 Å². The molecule has 13 heteroatoms. The van der Waals surface area contributed by atoms with Gasteiger partial charge in [-0.15, -0.1) is 13.2 Å². The van der Waals surface area contributed by atoms with Gasteiger partial charge in [0.25, 0.3) is 10.9 Å². The molecule has 1 aromatic rings. The fraction of sp³-hybridized carbons (Fsp3) is 0.250. The first-order valence-electron chi connectivity index (χ1n) is 4.55. The number of pyridine rings is 1. The summed E-state index contributed by atoms with van der Waals surface area (Å²) in [7, 11) is 0. The molecule has 0 aliphatic rings. The lowest BCUT2D eigenvalue weighted by Crippen LogP contribution is -2.21. The Bertz CT molecular complexity index is 564. The molecule has 0 N–H and O–H groups in total. The SMILES string of the molecule is O=C(Cl)c1cc(C(F)(F)F)nc([N+](=O)[O-])c1OC(F)(F)F. The van der Waals surface area contributed by atoms with Crippen LogP contribution in [-0.4, -0.2) is 21.5 Å². The highest BCUT2D eigenvalue weighted by atomic mass is 35.5. The lowest BCUT2D eigenvalue weighted by Gasteiger charge is -2.12. The number of aromatic nitrogens is 1. The molecule has 0 radical (unpaired) electrons. The molecule has 6 nitrogen and oxygen atoms in total. The second kappa shape index (κ2) is 5.35. The molecule has 0 unspecified atom stereocenters. The molecule has 0 aliphatic carbocycles. The van der Waals surface area contributed by atoms with Crippen molar-refractivity contribution >= 4 is 22.7 Å². The van der Waals surface area contributed by atoms with Crippen molar-refractivity contribution in [1.82, 2.24) is 4.98 Å². The minimum Gasteiger partial charge on any atom is -0.396 e. The van der Waals surface area contributed by atoms with Crippen LogP contribution in [0.5, 0.6) is 5.75 Å². The number of hydrogen-bond acceptors (Lipinski definition) is 5. The molecule has 0 saturated heterocycles. The van der Waals surface area contributed by atoms with E-state index in [-0.39, 0.29) is 6.07 Å². The zero-order valence-corrected chi connectivity index (χ0v) is 10.0. The normalized spacial score (nSPS) is 12.1. The van der Waals surface area contributed by atoms with Gasteiger partial charge in [-0.1, -0.05) is 0 Å². The van der Waals surface area contributed by atoms with Crippen molar-refractivity contribution < 1.29 is 40.8 Å². The number of nitro groups is 1. The maximum absolute atomic E-state index is 12.4. The van der Waals surface area contributed by atoms with Gasteiger partial charge in [0.05, 0.1) is 5.56 Å². The van der Waals surface area contributed by atoms with Crippen molar-refractivity contribution in [3.8, 4) is 5.75 Å². The van der Waals surface area contributed by atoms with E-state index in [1.54, 1.807) is 0 Å². The van der Waals surface area contributed by atoms with E-state index in [1.165, 1.54) is 0 Å². The Hall–Kier alpha value is -2.11. The number of ether oxygens (including phenoxy) is 1. The third-order valence-electron chi connectivity index (χ3n) is 1.85. The summed E-state index contributed by atoms with van der Waals surface area (Å²) in [5.74, 6) is -3.76. The maximum Gasteiger partial charge on any atom is 0.573 e. The topological polar surface area (TPSA) is 82.3 Å². The second-order valence-corrected chi connectivity index (χ2v) is 3.63. The van der Waals surface area contributed by atoms with Gasteiger partial charge in [-0.3, -0.25) is 4.79 Å². The monoisotopic (exact) mass is 338 g/mol. The van der Waals surface area contributed by atoms with Crippen molar-refractivity contribution in [2.45, 2.75) is 12.5 Å². The molecule has 1 rings (SSSR count). The van der Waals surface area contributed by atoms with Crippen LogP contribution in [0.1, 0.15) is 16.1 Å². The van der Waals surface area contributed by atoms with Crippen LogP contribution in [0.2, 0.25) is 0 Å². The summed E-state index contributed by atoms with van der Waals surface area (Å²) in [5.41, 5.74) is -3.45. The van der Waals surface area contributed by atoms with Crippen molar-refractivity contribution in [2.75, 3.05) is 0 Å². The van der Waals surface area contributed by atoms with E-state index >= 15 is 0 Å². The summed E-state index contributed by atoms with van der Waals surface area (Å²) in [5, 5.41) is 8.72. The lowest BCUT2D eigenvalue weighted by atomic mass is 10.2. The molecular weight excluding hydrogens is 338 g/mol. The number of nitrogens with zero attached hydrogens (tertiary/aromatic N) is 2. The predicted molar refractivity (Wildman–Crippen MR) is 52.8 cm³/mol. The van der Waals surface area contributed by atoms with E-state index in [9.17, 15) is 41.3 Å². The van der Waals surface area contributed by atoms with Gasteiger partial charge < -0.3 is 14.9 Å². The van der Waals surface area contributed by atoms with Crippen LogP contribution in [0.4, 0.5) is 32.2 Å². The van der Waals surface area contributed by atoms with Crippen LogP contribution in [0, 0.1) is 10.1 Å². The molecule has 0 aromatic carbocycles. The average Bonchev–Trinajstić information content (AvgIpc) is 2.24. The van der Waals surface area contributed by atoms with Crippen molar-refractivity contribution in [1.29, 1.82) is 0 Å². The fourth-order valence-electron chi connectivity index (χ4n) is 1.15. The number of halogens is 7. The van der Waals surface area contributed by atoms with E-state index in [4.69, 9.17) is 11.6 Å². The second-order valence-electron chi connectivity index (χ2n) is 3.28. The Morgan fingerprint density at radius 1 is 1.29 bits per heavy atom. The summed E-state index contributed by atoms with van der Waals surface area (Å²) < 4.78 is 76.8. The zero-order chi connectivity index (χ0) is 16.6. The standard InChI is InChI=1S/C8HClF6N2O4/c9-5(18)2-1-3(7(10,11)12)16-6(17(19)20)4(2)21-8(13,14)15/h1H. The van der Waals surface area contributed by atoms with E-state index in [2.05, 4.69) is 9.72 Å². The molecular formula is C8HClF6N2O4.